The van der Waals surface area contributed by atoms with Gasteiger partial charge in [-0.1, -0.05) is 24.2 Å². The number of fused-ring (bicyclic) bond motifs is 1. The highest BCUT2D eigenvalue weighted by Gasteiger charge is 2.10. The van der Waals surface area contributed by atoms with Gasteiger partial charge < -0.3 is 4.42 Å². The number of hydrogen-bond acceptors (Lipinski definition) is 3. The van der Waals surface area contributed by atoms with Crippen LogP contribution in [0.4, 0.5) is 0 Å². The molecule has 2 nitrogen and oxygen atoms in total. The molecular formula is C9H8ClNOS. The molecule has 0 bridgehead atoms. The smallest absolute Gasteiger partial charge is 0.253 e. The Morgan fingerprint density at radius 3 is 2.77 bits per heavy atom. The third kappa shape index (κ3) is 1.32. The molecule has 0 spiro atoms. The van der Waals surface area contributed by atoms with Crippen LogP contribution >= 0.6 is 24.2 Å². The van der Waals surface area contributed by atoms with Crippen LogP contribution in [0.1, 0.15) is 11.1 Å². The van der Waals surface area contributed by atoms with Crippen LogP contribution in [0.2, 0.25) is 5.02 Å². The molecule has 0 aliphatic rings. The van der Waals surface area contributed by atoms with Crippen molar-refractivity contribution < 1.29 is 4.42 Å². The number of benzene rings is 1. The van der Waals surface area contributed by atoms with Crippen LogP contribution in [0.15, 0.2) is 15.7 Å². The summed E-state index contributed by atoms with van der Waals surface area (Å²) in [6.45, 7) is 3.92. The van der Waals surface area contributed by atoms with Gasteiger partial charge in [0, 0.05) is 5.02 Å². The number of thiol groups is 1. The fraction of sp³-hybridized carbons (Fsp3) is 0.222. The van der Waals surface area contributed by atoms with E-state index >= 15 is 0 Å². The van der Waals surface area contributed by atoms with E-state index in [2.05, 4.69) is 17.6 Å². The number of hydrogen-bond donors (Lipinski definition) is 1. The van der Waals surface area contributed by atoms with Gasteiger partial charge in [-0.25, -0.2) is 4.98 Å². The van der Waals surface area contributed by atoms with Crippen molar-refractivity contribution in [1.29, 1.82) is 0 Å². The molecule has 4 heteroatoms. The standard InChI is InChI=1S/C9H8ClNOS/c1-4-5(2)8-7(3-6(4)10)11-9(13)12-8/h3H,1-2H3,(H,11,13). The Morgan fingerprint density at radius 1 is 1.38 bits per heavy atom. The van der Waals surface area contributed by atoms with Crippen molar-refractivity contribution >= 4 is 35.3 Å². The second-order valence-electron chi connectivity index (χ2n) is 2.95. The van der Waals surface area contributed by atoms with E-state index < -0.39 is 0 Å². The Morgan fingerprint density at radius 2 is 2.08 bits per heavy atom. The summed E-state index contributed by atoms with van der Waals surface area (Å²) in [5.74, 6) is 0. The Bertz CT molecular complexity index is 478. The van der Waals surface area contributed by atoms with Gasteiger partial charge in [-0.2, -0.15) is 0 Å². The van der Waals surface area contributed by atoms with Crippen LogP contribution < -0.4 is 0 Å². The molecule has 0 aliphatic heterocycles. The molecule has 0 radical (unpaired) electrons. The van der Waals surface area contributed by atoms with Gasteiger partial charge in [0.05, 0.1) is 0 Å². The quantitative estimate of drug-likeness (QED) is 0.679. The number of aryl methyl sites for hydroxylation is 1. The third-order valence-electron chi connectivity index (χ3n) is 2.17. The van der Waals surface area contributed by atoms with Crippen LogP contribution in [0.3, 0.4) is 0 Å². The highest BCUT2D eigenvalue weighted by Crippen LogP contribution is 2.29. The van der Waals surface area contributed by atoms with Gasteiger partial charge in [0.25, 0.3) is 5.22 Å². The molecule has 68 valence electrons. The van der Waals surface area contributed by atoms with Crippen LogP contribution in [0.25, 0.3) is 11.1 Å². The number of halogens is 1. The summed E-state index contributed by atoms with van der Waals surface area (Å²) in [5, 5.41) is 1.09. The van der Waals surface area contributed by atoms with Crippen molar-refractivity contribution in [2.75, 3.05) is 0 Å². The Labute approximate surface area is 86.3 Å². The summed E-state index contributed by atoms with van der Waals surface area (Å²) in [7, 11) is 0. The van der Waals surface area contributed by atoms with Crippen LogP contribution in [-0.4, -0.2) is 4.98 Å². The number of nitrogens with zero attached hydrogens (tertiary/aromatic N) is 1. The van der Waals surface area contributed by atoms with E-state index in [1.54, 1.807) is 6.07 Å². The third-order valence-corrected chi connectivity index (χ3v) is 2.75. The molecule has 0 unspecified atom stereocenters. The molecule has 0 saturated carbocycles. The van der Waals surface area contributed by atoms with Gasteiger partial charge in [0.1, 0.15) is 5.52 Å². The highest BCUT2D eigenvalue weighted by molar-refractivity contribution is 7.80. The maximum absolute atomic E-state index is 6.00. The van der Waals surface area contributed by atoms with Gasteiger partial charge in [0.15, 0.2) is 5.58 Å². The van der Waals surface area contributed by atoms with Crippen molar-refractivity contribution in [2.45, 2.75) is 19.1 Å². The molecule has 1 aromatic carbocycles. The van der Waals surface area contributed by atoms with Gasteiger partial charge in [-0.15, -0.1) is 0 Å². The molecule has 0 amide bonds. The topological polar surface area (TPSA) is 26.0 Å². The lowest BCUT2D eigenvalue weighted by Gasteiger charge is -2.01. The van der Waals surface area contributed by atoms with E-state index in [-0.39, 0.29) is 0 Å². The van der Waals surface area contributed by atoms with Gasteiger partial charge >= 0.3 is 0 Å². The molecule has 1 aromatic heterocycles. The van der Waals surface area contributed by atoms with Crippen LogP contribution in [-0.2, 0) is 0 Å². The zero-order valence-corrected chi connectivity index (χ0v) is 8.91. The van der Waals surface area contributed by atoms with Gasteiger partial charge in [-0.05, 0) is 31.0 Å². The maximum Gasteiger partial charge on any atom is 0.253 e. The SMILES string of the molecule is Cc1c(Cl)cc2nc(S)oc2c1C. The van der Waals surface area contributed by atoms with E-state index in [0.717, 1.165) is 22.2 Å². The number of rotatable bonds is 0. The Hall–Kier alpha value is -0.670. The van der Waals surface area contributed by atoms with Crippen molar-refractivity contribution in [3.8, 4) is 0 Å². The molecule has 0 fully saturated rings. The normalized spacial score (nSPS) is 11.1. The second-order valence-corrected chi connectivity index (χ2v) is 3.74. The molecule has 13 heavy (non-hydrogen) atoms. The minimum absolute atomic E-state index is 0.375. The van der Waals surface area contributed by atoms with E-state index in [1.165, 1.54) is 0 Å². The van der Waals surface area contributed by atoms with E-state index in [1.807, 2.05) is 13.8 Å². The lowest BCUT2D eigenvalue weighted by molar-refractivity contribution is 0.490. The summed E-state index contributed by atoms with van der Waals surface area (Å²) in [5.41, 5.74) is 3.58. The lowest BCUT2D eigenvalue weighted by Crippen LogP contribution is -1.83. The zero-order chi connectivity index (χ0) is 9.59. The molecule has 0 aliphatic carbocycles. The first-order valence-electron chi connectivity index (χ1n) is 3.85. The average Bonchev–Trinajstić information content (AvgIpc) is 2.42. The Kier molecular flexibility index (Phi) is 2.00. The number of oxazole rings is 1. The fourth-order valence-electron chi connectivity index (χ4n) is 1.26. The molecule has 2 aromatic rings. The summed E-state index contributed by atoms with van der Waals surface area (Å²) in [6.07, 6.45) is 0. The first kappa shape index (κ1) is 8.91. The first-order valence-corrected chi connectivity index (χ1v) is 4.67. The first-order chi connectivity index (χ1) is 6.09. The van der Waals surface area contributed by atoms with E-state index in [9.17, 15) is 0 Å². The maximum atomic E-state index is 6.00. The molecule has 1 heterocycles. The van der Waals surface area contributed by atoms with Crippen molar-refractivity contribution in [3.63, 3.8) is 0 Å². The summed E-state index contributed by atoms with van der Waals surface area (Å²) in [4.78, 5) is 4.09. The molecule has 0 N–H and O–H groups in total. The average molecular weight is 214 g/mol. The largest absolute Gasteiger partial charge is 0.431 e. The van der Waals surface area contributed by atoms with Crippen molar-refractivity contribution in [3.05, 3.63) is 22.2 Å². The van der Waals surface area contributed by atoms with Gasteiger partial charge in [-0.3, -0.25) is 0 Å². The fourth-order valence-corrected chi connectivity index (χ4v) is 1.71. The summed E-state index contributed by atoms with van der Waals surface area (Å²) < 4.78 is 5.33. The van der Waals surface area contributed by atoms with Crippen LogP contribution in [0, 0.1) is 13.8 Å². The molecule has 0 saturated heterocycles. The van der Waals surface area contributed by atoms with Crippen LogP contribution in [0.5, 0.6) is 0 Å². The van der Waals surface area contributed by atoms with Gasteiger partial charge in [0.2, 0.25) is 0 Å². The predicted molar refractivity (Wildman–Crippen MR) is 55.7 cm³/mol. The Balaban J connectivity index is 2.92. The predicted octanol–water partition coefficient (Wildman–Crippen LogP) is 3.39. The van der Waals surface area contributed by atoms with Crippen molar-refractivity contribution in [2.24, 2.45) is 0 Å². The zero-order valence-electron chi connectivity index (χ0n) is 7.26. The summed E-state index contributed by atoms with van der Waals surface area (Å²) >= 11 is 10.0. The highest BCUT2D eigenvalue weighted by atomic mass is 35.5. The minimum Gasteiger partial charge on any atom is -0.431 e. The molecule has 0 atom stereocenters. The van der Waals surface area contributed by atoms with Crippen molar-refractivity contribution in [1.82, 2.24) is 4.98 Å². The molecule has 2 rings (SSSR count). The molecular weight excluding hydrogens is 206 g/mol. The second kappa shape index (κ2) is 2.93. The van der Waals surface area contributed by atoms with E-state index in [4.69, 9.17) is 16.0 Å². The monoisotopic (exact) mass is 213 g/mol. The minimum atomic E-state index is 0.375. The lowest BCUT2D eigenvalue weighted by atomic mass is 10.1. The van der Waals surface area contributed by atoms with E-state index in [0.29, 0.717) is 10.2 Å². The summed E-state index contributed by atoms with van der Waals surface area (Å²) in [6, 6.07) is 1.79. The number of aromatic nitrogens is 1.